The predicted octanol–water partition coefficient (Wildman–Crippen LogP) is 2.03. The number of aromatic nitrogens is 1. The van der Waals surface area contributed by atoms with Gasteiger partial charge >= 0.3 is 5.97 Å². The van der Waals surface area contributed by atoms with Gasteiger partial charge < -0.3 is 26.4 Å². The van der Waals surface area contributed by atoms with Crippen molar-refractivity contribution < 1.29 is 28.3 Å². The van der Waals surface area contributed by atoms with Gasteiger partial charge in [0.25, 0.3) is 11.8 Å². The minimum absolute atomic E-state index is 0.0578. The number of benzene rings is 2. The number of carbonyl (C=O) groups excluding carboxylic acids is 4. The van der Waals surface area contributed by atoms with Crippen LogP contribution in [-0.4, -0.2) is 46.1 Å². The maximum absolute atomic E-state index is 13.8. The van der Waals surface area contributed by atoms with Crippen molar-refractivity contribution in [2.24, 2.45) is 5.73 Å². The number of halogens is 1. The van der Waals surface area contributed by atoms with E-state index in [1.54, 1.807) is 37.3 Å². The van der Waals surface area contributed by atoms with E-state index in [1.807, 2.05) is 0 Å². The molecule has 12 heteroatoms. The highest BCUT2D eigenvalue weighted by Gasteiger charge is 2.35. The van der Waals surface area contributed by atoms with E-state index in [9.17, 15) is 23.6 Å². The molecule has 0 bridgehead atoms. The first kappa shape index (κ1) is 26.3. The van der Waals surface area contributed by atoms with Gasteiger partial charge in [-0.15, -0.1) is 0 Å². The fourth-order valence-electron chi connectivity index (χ4n) is 3.41. The second-order valence-electron chi connectivity index (χ2n) is 7.53. The number of nitrogens with two attached hydrogens (primary N) is 2. The molecule has 0 spiro atoms. The Labute approximate surface area is 210 Å². The van der Waals surface area contributed by atoms with Gasteiger partial charge in [0.05, 0.1) is 12.3 Å². The molecule has 0 unspecified atom stereocenters. The summed E-state index contributed by atoms with van der Waals surface area (Å²) in [7, 11) is 0. The molecule has 36 heavy (non-hydrogen) atoms. The Balaban J connectivity index is 2.07. The normalized spacial score (nSPS) is 11.4. The van der Waals surface area contributed by atoms with Crippen molar-refractivity contribution in [1.82, 2.24) is 14.6 Å². The smallest absolute Gasteiger partial charge is 0.325 e. The first-order valence-corrected chi connectivity index (χ1v) is 11.6. The first-order chi connectivity index (χ1) is 17.2. The summed E-state index contributed by atoms with van der Waals surface area (Å²) in [4.78, 5) is 51.7. The Morgan fingerprint density at radius 1 is 1.11 bits per heavy atom. The van der Waals surface area contributed by atoms with Gasteiger partial charge in [-0.2, -0.15) is 4.37 Å². The molecule has 188 valence electrons. The molecule has 2 aromatic carbocycles. The summed E-state index contributed by atoms with van der Waals surface area (Å²) in [5.41, 5.74) is 11.8. The lowest BCUT2D eigenvalue weighted by Crippen LogP contribution is -2.44. The zero-order valence-corrected chi connectivity index (χ0v) is 20.1. The van der Waals surface area contributed by atoms with Crippen LogP contribution in [0.2, 0.25) is 0 Å². The van der Waals surface area contributed by atoms with Crippen LogP contribution in [0.5, 0.6) is 0 Å². The van der Waals surface area contributed by atoms with Crippen molar-refractivity contribution >= 4 is 40.9 Å². The molecule has 3 amide bonds. The van der Waals surface area contributed by atoms with E-state index >= 15 is 0 Å². The van der Waals surface area contributed by atoms with Crippen molar-refractivity contribution in [3.8, 4) is 0 Å². The van der Waals surface area contributed by atoms with Crippen molar-refractivity contribution in [3.05, 3.63) is 82.1 Å². The fourth-order valence-corrected chi connectivity index (χ4v) is 4.17. The van der Waals surface area contributed by atoms with Crippen molar-refractivity contribution in [1.29, 1.82) is 0 Å². The molecule has 0 aliphatic heterocycles. The SMILES string of the molecule is CCOC(=O)CNC(=O)[C@@H](c1ccc(F)cc1)N(Cc1ccccc1)C(=O)c1snc(C(N)=O)c1N. The van der Waals surface area contributed by atoms with Crippen molar-refractivity contribution in [3.63, 3.8) is 0 Å². The molecule has 0 fully saturated rings. The van der Waals surface area contributed by atoms with Crippen LogP contribution in [0, 0.1) is 5.82 Å². The van der Waals surface area contributed by atoms with E-state index in [4.69, 9.17) is 16.2 Å². The van der Waals surface area contributed by atoms with Gasteiger partial charge in [0.15, 0.2) is 5.69 Å². The molecule has 3 aromatic rings. The molecular weight excluding hydrogens is 489 g/mol. The van der Waals surface area contributed by atoms with Gasteiger partial charge in [-0.05, 0) is 41.7 Å². The number of rotatable bonds is 10. The number of anilines is 1. The minimum Gasteiger partial charge on any atom is -0.465 e. The van der Waals surface area contributed by atoms with Gasteiger partial charge in [-0.3, -0.25) is 19.2 Å². The Kier molecular flexibility index (Phi) is 8.68. The van der Waals surface area contributed by atoms with Crippen molar-refractivity contribution in [2.75, 3.05) is 18.9 Å². The number of nitrogens with zero attached hydrogens (tertiary/aromatic N) is 2. The third-order valence-electron chi connectivity index (χ3n) is 5.07. The average Bonchev–Trinajstić information content (AvgIpc) is 3.25. The topological polar surface area (TPSA) is 158 Å². The Morgan fingerprint density at radius 3 is 2.36 bits per heavy atom. The average molecular weight is 514 g/mol. The summed E-state index contributed by atoms with van der Waals surface area (Å²) in [6.45, 7) is 1.26. The molecule has 3 rings (SSSR count). The monoisotopic (exact) mass is 513 g/mol. The van der Waals surface area contributed by atoms with Gasteiger partial charge in [0.1, 0.15) is 23.3 Å². The number of nitrogens with one attached hydrogen (secondary N) is 1. The highest BCUT2D eigenvalue weighted by molar-refractivity contribution is 7.09. The van der Waals surface area contributed by atoms with E-state index in [-0.39, 0.29) is 35.0 Å². The van der Waals surface area contributed by atoms with Crippen LogP contribution in [0.3, 0.4) is 0 Å². The quantitative estimate of drug-likeness (QED) is 0.350. The van der Waals surface area contributed by atoms with Gasteiger partial charge in [0, 0.05) is 6.54 Å². The second-order valence-corrected chi connectivity index (χ2v) is 8.31. The Hall–Kier alpha value is -4.32. The van der Waals surface area contributed by atoms with E-state index in [1.165, 1.54) is 17.0 Å². The molecule has 1 atom stereocenters. The zero-order valence-electron chi connectivity index (χ0n) is 19.3. The fraction of sp³-hybridized carbons (Fsp3) is 0.208. The summed E-state index contributed by atoms with van der Waals surface area (Å²) in [6, 6.07) is 12.5. The van der Waals surface area contributed by atoms with Crippen LogP contribution in [0.1, 0.15) is 44.3 Å². The highest BCUT2D eigenvalue weighted by Crippen LogP contribution is 2.30. The van der Waals surface area contributed by atoms with Crippen LogP contribution >= 0.6 is 11.5 Å². The summed E-state index contributed by atoms with van der Waals surface area (Å²) in [6.07, 6.45) is 0. The van der Waals surface area contributed by atoms with Crippen LogP contribution in [-0.2, 0) is 20.9 Å². The molecule has 0 saturated carbocycles. The molecule has 1 aromatic heterocycles. The zero-order chi connectivity index (χ0) is 26.2. The standard InChI is InChI=1S/C24H24FN5O5S/c1-2-35-17(31)12-28-23(33)20(15-8-10-16(25)11-9-15)30(13-14-6-4-3-5-7-14)24(34)21-18(26)19(22(27)32)29-36-21/h3-11,20H,2,12-13,26H2,1H3,(H2,27,32)(H,28,33)/t20-/m1/s1. The largest absolute Gasteiger partial charge is 0.465 e. The minimum atomic E-state index is -1.30. The van der Waals surface area contributed by atoms with Gasteiger partial charge in [0.2, 0.25) is 5.91 Å². The van der Waals surface area contributed by atoms with Crippen LogP contribution in [0.4, 0.5) is 10.1 Å². The maximum Gasteiger partial charge on any atom is 0.325 e. The molecule has 5 N–H and O–H groups in total. The Bertz CT molecular complexity index is 1250. The third-order valence-corrected chi connectivity index (χ3v) is 5.92. The van der Waals surface area contributed by atoms with Crippen LogP contribution in [0.25, 0.3) is 0 Å². The number of amides is 3. The van der Waals surface area contributed by atoms with E-state index in [0.717, 1.165) is 12.1 Å². The first-order valence-electron chi connectivity index (χ1n) is 10.8. The molecule has 0 aliphatic rings. The van der Waals surface area contributed by atoms with Gasteiger partial charge in [-0.25, -0.2) is 4.39 Å². The number of hydrogen-bond donors (Lipinski definition) is 3. The number of esters is 1. The number of hydrogen-bond acceptors (Lipinski definition) is 8. The molecule has 10 nitrogen and oxygen atoms in total. The van der Waals surface area contributed by atoms with Crippen LogP contribution < -0.4 is 16.8 Å². The van der Waals surface area contributed by atoms with E-state index < -0.39 is 42.1 Å². The molecule has 0 saturated heterocycles. The number of ether oxygens (including phenoxy) is 1. The number of nitrogen functional groups attached to an aromatic ring is 1. The van der Waals surface area contributed by atoms with E-state index in [2.05, 4.69) is 9.69 Å². The summed E-state index contributed by atoms with van der Waals surface area (Å²) < 4.78 is 22.4. The molecular formula is C24H24FN5O5S. The number of primary amides is 1. The lowest BCUT2D eigenvalue weighted by Gasteiger charge is -2.31. The summed E-state index contributed by atoms with van der Waals surface area (Å²) in [5, 5.41) is 2.47. The molecule has 1 heterocycles. The van der Waals surface area contributed by atoms with E-state index in [0.29, 0.717) is 17.1 Å². The predicted molar refractivity (Wildman–Crippen MR) is 130 cm³/mol. The highest BCUT2D eigenvalue weighted by atomic mass is 32.1. The lowest BCUT2D eigenvalue weighted by molar-refractivity contribution is -0.143. The van der Waals surface area contributed by atoms with Gasteiger partial charge in [-0.1, -0.05) is 42.5 Å². The molecule has 0 aliphatic carbocycles. The van der Waals surface area contributed by atoms with Crippen LogP contribution in [0.15, 0.2) is 54.6 Å². The third kappa shape index (κ3) is 6.21. The Morgan fingerprint density at radius 2 is 1.78 bits per heavy atom. The number of carbonyl (C=O) groups is 4. The summed E-state index contributed by atoms with van der Waals surface area (Å²) in [5.74, 6) is -3.52. The lowest BCUT2D eigenvalue weighted by atomic mass is 10.0. The molecule has 0 radical (unpaired) electrons. The van der Waals surface area contributed by atoms with Crippen molar-refractivity contribution in [2.45, 2.75) is 19.5 Å². The maximum atomic E-state index is 13.8. The second kappa shape index (κ2) is 11.9. The summed E-state index contributed by atoms with van der Waals surface area (Å²) >= 11 is 0.670.